The molecule has 8 nitrogen and oxygen atoms in total. The number of anilines is 1. The quantitative estimate of drug-likeness (QED) is 0.841. The van der Waals surface area contributed by atoms with Crippen LogP contribution in [0, 0.1) is 0 Å². The number of hydrogen-bond acceptors (Lipinski definition) is 5. The summed E-state index contributed by atoms with van der Waals surface area (Å²) >= 11 is 0. The van der Waals surface area contributed by atoms with Crippen LogP contribution in [0.2, 0.25) is 0 Å². The number of nitrogens with one attached hydrogen (secondary N) is 2. The monoisotopic (exact) mass is 377 g/mol. The van der Waals surface area contributed by atoms with Crippen LogP contribution in [0.1, 0.15) is 34.6 Å². The van der Waals surface area contributed by atoms with Gasteiger partial charge in [-0.1, -0.05) is 12.1 Å². The number of fused-ring (bicyclic) bond motifs is 1. The third-order valence-corrected chi connectivity index (χ3v) is 4.15. The first-order chi connectivity index (χ1) is 12.5. The normalized spacial score (nSPS) is 20.3. The first-order valence-corrected chi connectivity index (χ1v) is 8.82. The molecule has 1 heterocycles. The van der Waals surface area contributed by atoms with Gasteiger partial charge in [-0.15, -0.1) is 0 Å². The van der Waals surface area contributed by atoms with Gasteiger partial charge in [0.2, 0.25) is 5.91 Å². The Morgan fingerprint density at radius 1 is 1.30 bits per heavy atom. The molecule has 0 saturated carbocycles. The molecule has 8 heteroatoms. The fourth-order valence-corrected chi connectivity index (χ4v) is 2.49. The van der Waals surface area contributed by atoms with Gasteiger partial charge in [0.25, 0.3) is 5.91 Å². The molecule has 0 spiro atoms. The van der Waals surface area contributed by atoms with Gasteiger partial charge in [0.05, 0.1) is 5.69 Å². The molecular formula is C19H27N3O5. The van der Waals surface area contributed by atoms with Crippen LogP contribution < -0.4 is 15.4 Å². The Balaban J connectivity index is 2.06. The summed E-state index contributed by atoms with van der Waals surface area (Å²) in [5, 5.41) is 5.41. The van der Waals surface area contributed by atoms with Gasteiger partial charge in [0, 0.05) is 7.05 Å². The lowest BCUT2D eigenvalue weighted by Gasteiger charge is -2.29. The van der Waals surface area contributed by atoms with Gasteiger partial charge >= 0.3 is 6.09 Å². The lowest BCUT2D eigenvalue weighted by atomic mass is 10.1. The minimum atomic E-state index is -0.903. The molecule has 0 radical (unpaired) electrons. The molecule has 0 saturated heterocycles. The van der Waals surface area contributed by atoms with Crippen molar-refractivity contribution in [1.82, 2.24) is 10.2 Å². The maximum absolute atomic E-state index is 12.6. The SMILES string of the molecule is C[C@H]1Oc2ccccc2NC(=O)[C@H]1NC(=O)[C@H](C)N(C)C(=O)OC(C)(C)C. The number of para-hydroxylation sites is 2. The zero-order chi connectivity index (χ0) is 20.4. The van der Waals surface area contributed by atoms with E-state index < -0.39 is 35.8 Å². The lowest BCUT2D eigenvalue weighted by molar-refractivity contribution is -0.130. The molecule has 27 heavy (non-hydrogen) atoms. The number of likely N-dealkylation sites (N-methyl/N-ethyl adjacent to an activating group) is 1. The van der Waals surface area contributed by atoms with Crippen molar-refractivity contribution in [3.63, 3.8) is 0 Å². The molecule has 0 fully saturated rings. The summed E-state index contributed by atoms with van der Waals surface area (Å²) in [6.07, 6.45) is -1.20. The number of hydrogen-bond donors (Lipinski definition) is 2. The van der Waals surface area contributed by atoms with Crippen LogP contribution in [-0.4, -0.2) is 53.6 Å². The molecule has 3 atom stereocenters. The molecule has 1 aromatic carbocycles. The Bertz CT molecular complexity index is 728. The van der Waals surface area contributed by atoms with Crippen molar-refractivity contribution in [2.75, 3.05) is 12.4 Å². The summed E-state index contributed by atoms with van der Waals surface area (Å²) in [6, 6.07) is 5.32. The zero-order valence-corrected chi connectivity index (χ0v) is 16.5. The van der Waals surface area contributed by atoms with Crippen molar-refractivity contribution in [3.8, 4) is 5.75 Å². The number of ether oxygens (including phenoxy) is 2. The van der Waals surface area contributed by atoms with Crippen molar-refractivity contribution in [2.24, 2.45) is 0 Å². The topological polar surface area (TPSA) is 97.0 Å². The van der Waals surface area contributed by atoms with Crippen molar-refractivity contribution in [2.45, 2.75) is 58.4 Å². The Labute approximate surface area is 159 Å². The van der Waals surface area contributed by atoms with Crippen LogP contribution in [0.25, 0.3) is 0 Å². The van der Waals surface area contributed by atoms with Crippen LogP contribution in [0.4, 0.5) is 10.5 Å². The van der Waals surface area contributed by atoms with Gasteiger partial charge in [-0.3, -0.25) is 14.5 Å². The molecule has 1 aliphatic rings. The summed E-state index contributed by atoms with van der Waals surface area (Å²) in [5.41, 5.74) is -0.123. The highest BCUT2D eigenvalue weighted by atomic mass is 16.6. The average molecular weight is 377 g/mol. The maximum atomic E-state index is 12.6. The number of amides is 3. The number of carbonyl (C=O) groups is 3. The van der Waals surface area contributed by atoms with E-state index in [9.17, 15) is 14.4 Å². The van der Waals surface area contributed by atoms with Crippen molar-refractivity contribution in [3.05, 3.63) is 24.3 Å². The largest absolute Gasteiger partial charge is 0.486 e. The van der Waals surface area contributed by atoms with Gasteiger partial charge in [0.1, 0.15) is 29.5 Å². The molecular weight excluding hydrogens is 350 g/mol. The molecule has 3 amide bonds. The highest BCUT2D eigenvalue weighted by Gasteiger charge is 2.35. The van der Waals surface area contributed by atoms with Crippen LogP contribution in [-0.2, 0) is 14.3 Å². The standard InChI is InChI=1S/C19H27N3O5/c1-11(22(6)18(25)27-19(3,4)5)16(23)21-15-12(2)26-14-10-8-7-9-13(14)20-17(15)24/h7-12,15H,1-6H3,(H,20,24)(H,21,23)/t11-,12+,15-/m0/s1. The smallest absolute Gasteiger partial charge is 0.410 e. The number of carbonyl (C=O) groups excluding carboxylic acids is 3. The summed E-state index contributed by atoms with van der Waals surface area (Å²) < 4.78 is 11.1. The predicted molar refractivity (Wildman–Crippen MR) is 101 cm³/mol. The second-order valence-corrected chi connectivity index (χ2v) is 7.56. The van der Waals surface area contributed by atoms with Crippen molar-refractivity contribution >= 4 is 23.6 Å². The van der Waals surface area contributed by atoms with E-state index in [0.29, 0.717) is 11.4 Å². The number of rotatable bonds is 3. The Morgan fingerprint density at radius 2 is 1.93 bits per heavy atom. The summed E-state index contributed by atoms with van der Waals surface area (Å²) in [5.74, 6) is -0.327. The first-order valence-electron chi connectivity index (χ1n) is 8.82. The summed E-state index contributed by atoms with van der Waals surface area (Å²) in [6.45, 7) is 8.51. The van der Waals surface area contributed by atoms with Crippen molar-refractivity contribution < 1.29 is 23.9 Å². The minimum Gasteiger partial charge on any atom is -0.486 e. The van der Waals surface area contributed by atoms with Gasteiger partial charge < -0.3 is 20.1 Å². The third-order valence-electron chi connectivity index (χ3n) is 4.15. The zero-order valence-electron chi connectivity index (χ0n) is 16.5. The van der Waals surface area contributed by atoms with E-state index in [1.807, 2.05) is 0 Å². The molecule has 0 aromatic heterocycles. The van der Waals surface area contributed by atoms with Gasteiger partial charge in [-0.25, -0.2) is 4.79 Å². The van der Waals surface area contributed by atoms with Crippen molar-refractivity contribution in [1.29, 1.82) is 0 Å². The first kappa shape index (κ1) is 20.5. The van der Waals surface area contributed by atoms with Crippen LogP contribution in [0.15, 0.2) is 24.3 Å². The highest BCUT2D eigenvalue weighted by molar-refractivity contribution is 6.00. The maximum Gasteiger partial charge on any atom is 0.410 e. The molecule has 1 aliphatic heterocycles. The lowest BCUT2D eigenvalue weighted by Crippen LogP contribution is -2.56. The van der Waals surface area contributed by atoms with E-state index in [-0.39, 0.29) is 5.91 Å². The number of nitrogens with zero attached hydrogens (tertiary/aromatic N) is 1. The molecule has 0 bridgehead atoms. The third kappa shape index (κ3) is 5.12. The molecule has 2 N–H and O–H groups in total. The minimum absolute atomic E-state index is 0.382. The predicted octanol–water partition coefficient (Wildman–Crippen LogP) is 2.15. The van der Waals surface area contributed by atoms with Gasteiger partial charge in [0.15, 0.2) is 0 Å². The van der Waals surface area contributed by atoms with E-state index in [1.165, 1.54) is 11.9 Å². The van der Waals surface area contributed by atoms with Crippen LogP contribution in [0.5, 0.6) is 5.75 Å². The molecule has 0 aliphatic carbocycles. The second-order valence-electron chi connectivity index (χ2n) is 7.56. The van der Waals surface area contributed by atoms with E-state index in [2.05, 4.69) is 10.6 Å². The number of benzene rings is 1. The molecule has 1 aromatic rings. The van der Waals surface area contributed by atoms with Crippen LogP contribution in [0.3, 0.4) is 0 Å². The molecule has 2 rings (SSSR count). The summed E-state index contributed by atoms with van der Waals surface area (Å²) in [7, 11) is 1.47. The van der Waals surface area contributed by atoms with Gasteiger partial charge in [-0.05, 0) is 46.8 Å². The average Bonchev–Trinajstić information content (AvgIpc) is 2.68. The van der Waals surface area contributed by atoms with E-state index >= 15 is 0 Å². The molecule has 148 valence electrons. The fourth-order valence-electron chi connectivity index (χ4n) is 2.49. The van der Waals surface area contributed by atoms with Gasteiger partial charge in [-0.2, -0.15) is 0 Å². The molecule has 0 unspecified atom stereocenters. The highest BCUT2D eigenvalue weighted by Crippen LogP contribution is 2.28. The fraction of sp³-hybridized carbons (Fsp3) is 0.526. The van der Waals surface area contributed by atoms with Crippen LogP contribution >= 0.6 is 0 Å². The Hall–Kier alpha value is -2.77. The van der Waals surface area contributed by atoms with E-state index in [1.54, 1.807) is 58.9 Å². The summed E-state index contributed by atoms with van der Waals surface area (Å²) in [4.78, 5) is 38.5. The Kier molecular flexibility index (Phi) is 5.98. The second kappa shape index (κ2) is 7.85. The van der Waals surface area contributed by atoms with E-state index in [4.69, 9.17) is 9.47 Å². The van der Waals surface area contributed by atoms with E-state index in [0.717, 1.165) is 0 Å². The Morgan fingerprint density at radius 3 is 2.56 bits per heavy atom.